The van der Waals surface area contributed by atoms with Gasteiger partial charge in [-0.3, -0.25) is 4.79 Å². The zero-order valence-electron chi connectivity index (χ0n) is 10.1. The maximum absolute atomic E-state index is 9.60. The van der Waals surface area contributed by atoms with Crippen LogP contribution in [0.25, 0.3) is 0 Å². The number of aliphatic hydroxyl groups is 1. The van der Waals surface area contributed by atoms with Crippen LogP contribution in [0, 0.1) is 0 Å². The van der Waals surface area contributed by atoms with Crippen molar-refractivity contribution in [1.82, 2.24) is 5.32 Å². The van der Waals surface area contributed by atoms with Crippen molar-refractivity contribution in [1.29, 1.82) is 0 Å². The second-order valence-corrected chi connectivity index (χ2v) is 4.86. The fraction of sp³-hybridized carbons (Fsp3) is 0.909. The standard InChI is InChI=1S/C6H13NO.C5H10O2/c1-5-4-6(8)2-3-7-5;1-5(2,3)7-4-6/h5-8H,2-4H2,1H3;4H,1-3H3/t5-,6+;/m0./s1. The van der Waals surface area contributed by atoms with E-state index in [2.05, 4.69) is 17.0 Å². The number of rotatable bonds is 1. The minimum atomic E-state index is -0.318. The minimum Gasteiger partial charge on any atom is -0.462 e. The molecule has 0 amide bonds. The van der Waals surface area contributed by atoms with Gasteiger partial charge >= 0.3 is 0 Å². The van der Waals surface area contributed by atoms with Crippen LogP contribution in [0.1, 0.15) is 40.5 Å². The molecule has 15 heavy (non-hydrogen) atoms. The fourth-order valence-electron chi connectivity index (χ4n) is 1.25. The molecule has 1 aliphatic rings. The van der Waals surface area contributed by atoms with E-state index in [0.717, 1.165) is 19.4 Å². The van der Waals surface area contributed by atoms with Crippen molar-refractivity contribution in [3.8, 4) is 0 Å². The van der Waals surface area contributed by atoms with E-state index >= 15 is 0 Å². The monoisotopic (exact) mass is 217 g/mol. The molecule has 2 N–H and O–H groups in total. The molecule has 0 aromatic rings. The molecule has 1 aliphatic heterocycles. The lowest BCUT2D eigenvalue weighted by Gasteiger charge is -2.23. The Balaban J connectivity index is 0.000000265. The zero-order chi connectivity index (χ0) is 11.9. The summed E-state index contributed by atoms with van der Waals surface area (Å²) in [5.41, 5.74) is -0.318. The van der Waals surface area contributed by atoms with Gasteiger partial charge in [-0.15, -0.1) is 0 Å². The lowest BCUT2D eigenvalue weighted by atomic mass is 10.0. The predicted octanol–water partition coefficient (Wildman–Crippen LogP) is 1.08. The normalized spacial score (nSPS) is 26.2. The molecule has 0 aromatic carbocycles. The summed E-state index contributed by atoms with van der Waals surface area (Å²) in [4.78, 5) is 9.60. The molecular formula is C11H23NO3. The first-order valence-corrected chi connectivity index (χ1v) is 5.38. The Hall–Kier alpha value is -0.610. The number of nitrogens with one attached hydrogen (secondary N) is 1. The Bertz CT molecular complexity index is 169. The van der Waals surface area contributed by atoms with Crippen LogP contribution in [-0.2, 0) is 9.53 Å². The third-order valence-electron chi connectivity index (χ3n) is 2.00. The van der Waals surface area contributed by atoms with Crippen LogP contribution in [0.2, 0.25) is 0 Å². The molecular weight excluding hydrogens is 194 g/mol. The molecule has 0 aromatic heterocycles. The quantitative estimate of drug-likeness (QED) is 0.645. The molecule has 1 saturated heterocycles. The lowest BCUT2D eigenvalue weighted by Crippen LogP contribution is -2.37. The molecule has 0 bridgehead atoms. The molecule has 4 nitrogen and oxygen atoms in total. The fourth-order valence-corrected chi connectivity index (χ4v) is 1.25. The van der Waals surface area contributed by atoms with E-state index in [1.807, 2.05) is 20.8 Å². The Morgan fingerprint density at radius 2 is 2.07 bits per heavy atom. The van der Waals surface area contributed by atoms with Crippen molar-refractivity contribution in [2.45, 2.75) is 58.3 Å². The summed E-state index contributed by atoms with van der Waals surface area (Å²) in [5.74, 6) is 0. The van der Waals surface area contributed by atoms with Crippen LogP contribution >= 0.6 is 0 Å². The molecule has 0 spiro atoms. The summed E-state index contributed by atoms with van der Waals surface area (Å²) in [6.45, 7) is 8.99. The van der Waals surface area contributed by atoms with Gasteiger partial charge in [0.2, 0.25) is 0 Å². The summed E-state index contributed by atoms with van der Waals surface area (Å²) in [6.07, 6.45) is 1.79. The predicted molar refractivity (Wildman–Crippen MR) is 59.6 cm³/mol. The maximum atomic E-state index is 9.60. The van der Waals surface area contributed by atoms with Crippen LogP contribution in [0.15, 0.2) is 0 Å². The van der Waals surface area contributed by atoms with Gasteiger partial charge in [0.15, 0.2) is 0 Å². The van der Waals surface area contributed by atoms with E-state index in [4.69, 9.17) is 5.11 Å². The van der Waals surface area contributed by atoms with Gasteiger partial charge in [-0.1, -0.05) is 0 Å². The van der Waals surface area contributed by atoms with Gasteiger partial charge in [-0.2, -0.15) is 0 Å². The highest BCUT2D eigenvalue weighted by Crippen LogP contribution is 2.06. The van der Waals surface area contributed by atoms with Gasteiger partial charge in [0.1, 0.15) is 5.60 Å². The van der Waals surface area contributed by atoms with E-state index in [9.17, 15) is 4.79 Å². The number of hydrogen-bond donors (Lipinski definition) is 2. The third kappa shape index (κ3) is 9.69. The summed E-state index contributed by atoms with van der Waals surface area (Å²) in [6, 6.07) is 0.513. The van der Waals surface area contributed by atoms with Crippen molar-refractivity contribution in [2.75, 3.05) is 6.54 Å². The molecule has 0 aliphatic carbocycles. The summed E-state index contributed by atoms with van der Waals surface area (Å²) < 4.78 is 4.55. The van der Waals surface area contributed by atoms with Gasteiger partial charge in [0.25, 0.3) is 6.47 Å². The molecule has 1 rings (SSSR count). The molecule has 90 valence electrons. The SMILES string of the molecule is CC(C)(C)OC=O.C[C@H]1C[C@H](O)CCN1. The minimum absolute atomic E-state index is 0.0498. The number of piperidine rings is 1. The van der Waals surface area contributed by atoms with E-state index in [0.29, 0.717) is 12.5 Å². The molecule has 4 heteroatoms. The number of ether oxygens (including phenoxy) is 1. The van der Waals surface area contributed by atoms with E-state index in [-0.39, 0.29) is 11.7 Å². The molecule has 0 saturated carbocycles. The summed E-state index contributed by atoms with van der Waals surface area (Å²) in [7, 11) is 0. The van der Waals surface area contributed by atoms with Crippen LogP contribution in [0.3, 0.4) is 0 Å². The number of aliphatic hydroxyl groups excluding tert-OH is 1. The van der Waals surface area contributed by atoms with Crippen molar-refractivity contribution in [3.05, 3.63) is 0 Å². The Kier molecular flexibility index (Phi) is 6.52. The van der Waals surface area contributed by atoms with Crippen molar-refractivity contribution >= 4 is 6.47 Å². The van der Waals surface area contributed by atoms with Gasteiger partial charge < -0.3 is 15.2 Å². The Labute approximate surface area is 92.0 Å². The highest BCUT2D eigenvalue weighted by Gasteiger charge is 2.14. The highest BCUT2D eigenvalue weighted by atomic mass is 16.5. The second kappa shape index (κ2) is 6.80. The Morgan fingerprint density at radius 3 is 2.27 bits per heavy atom. The molecule has 2 atom stereocenters. The van der Waals surface area contributed by atoms with Crippen LogP contribution < -0.4 is 5.32 Å². The molecule has 1 heterocycles. The highest BCUT2D eigenvalue weighted by molar-refractivity contribution is 5.37. The second-order valence-electron chi connectivity index (χ2n) is 4.86. The Morgan fingerprint density at radius 1 is 1.47 bits per heavy atom. The van der Waals surface area contributed by atoms with Gasteiger partial charge in [0.05, 0.1) is 6.10 Å². The van der Waals surface area contributed by atoms with E-state index in [1.165, 1.54) is 0 Å². The largest absolute Gasteiger partial charge is 0.462 e. The number of carbonyl (C=O) groups excluding carboxylic acids is 1. The lowest BCUT2D eigenvalue weighted by molar-refractivity contribution is -0.138. The van der Waals surface area contributed by atoms with Crippen molar-refractivity contribution in [3.63, 3.8) is 0 Å². The van der Waals surface area contributed by atoms with Crippen molar-refractivity contribution in [2.24, 2.45) is 0 Å². The number of hydrogen-bond acceptors (Lipinski definition) is 4. The molecule has 0 radical (unpaired) electrons. The van der Waals surface area contributed by atoms with E-state index in [1.54, 1.807) is 0 Å². The summed E-state index contributed by atoms with van der Waals surface area (Å²) >= 11 is 0. The molecule has 0 unspecified atom stereocenters. The smallest absolute Gasteiger partial charge is 0.293 e. The first-order valence-electron chi connectivity index (χ1n) is 5.38. The maximum Gasteiger partial charge on any atom is 0.293 e. The first kappa shape index (κ1) is 14.4. The third-order valence-corrected chi connectivity index (χ3v) is 2.00. The first-order chi connectivity index (χ1) is 6.85. The zero-order valence-corrected chi connectivity index (χ0v) is 10.1. The van der Waals surface area contributed by atoms with Crippen LogP contribution in [-0.4, -0.2) is 35.9 Å². The molecule has 1 fully saturated rings. The van der Waals surface area contributed by atoms with Crippen LogP contribution in [0.5, 0.6) is 0 Å². The van der Waals surface area contributed by atoms with E-state index < -0.39 is 0 Å². The van der Waals surface area contributed by atoms with Crippen LogP contribution in [0.4, 0.5) is 0 Å². The topological polar surface area (TPSA) is 58.6 Å². The van der Waals surface area contributed by atoms with Crippen molar-refractivity contribution < 1.29 is 14.6 Å². The average molecular weight is 217 g/mol. The van der Waals surface area contributed by atoms with Gasteiger partial charge in [-0.25, -0.2) is 0 Å². The number of carbonyl (C=O) groups is 1. The summed E-state index contributed by atoms with van der Waals surface area (Å²) in [5, 5.41) is 12.3. The average Bonchev–Trinajstić information content (AvgIpc) is 2.01. The van der Waals surface area contributed by atoms with Gasteiger partial charge in [0, 0.05) is 6.04 Å². The van der Waals surface area contributed by atoms with Gasteiger partial charge in [-0.05, 0) is 47.1 Å².